The van der Waals surface area contributed by atoms with Crippen LogP contribution in [0.1, 0.15) is 5.56 Å². The number of anilines is 2. The van der Waals surface area contributed by atoms with Crippen LogP contribution in [0.2, 0.25) is 0 Å². The molecule has 7 heteroatoms. The van der Waals surface area contributed by atoms with Crippen molar-refractivity contribution in [3.8, 4) is 5.75 Å². The number of ether oxygens (including phenoxy) is 1. The fourth-order valence-electron chi connectivity index (χ4n) is 2.71. The Morgan fingerprint density at radius 3 is 3.09 bits per heavy atom. The molecule has 2 aromatic heterocycles. The summed E-state index contributed by atoms with van der Waals surface area (Å²) in [4.78, 5) is 8.80. The zero-order valence-corrected chi connectivity index (χ0v) is 12.2. The van der Waals surface area contributed by atoms with Gasteiger partial charge in [0.2, 0.25) is 5.95 Å². The van der Waals surface area contributed by atoms with E-state index in [0.717, 1.165) is 17.6 Å². The number of nitrogens with one attached hydrogen (secondary N) is 1. The molecule has 1 aliphatic rings. The van der Waals surface area contributed by atoms with Crippen LogP contribution in [0.15, 0.2) is 30.5 Å². The maximum Gasteiger partial charge on any atom is 0.227 e. The van der Waals surface area contributed by atoms with Crippen molar-refractivity contribution in [3.05, 3.63) is 36.0 Å². The summed E-state index contributed by atoms with van der Waals surface area (Å²) in [5.41, 5.74) is 7.87. The fraction of sp³-hybridized carbons (Fsp3) is 0.267. The summed E-state index contributed by atoms with van der Waals surface area (Å²) in [6.45, 7) is 0.573. The minimum absolute atomic E-state index is 0.111. The van der Waals surface area contributed by atoms with Gasteiger partial charge < -0.3 is 15.8 Å². The van der Waals surface area contributed by atoms with Gasteiger partial charge in [-0.05, 0) is 18.1 Å². The second-order valence-electron chi connectivity index (χ2n) is 5.40. The molecule has 1 aromatic carbocycles. The lowest BCUT2D eigenvalue weighted by molar-refractivity contribution is 0.272. The van der Waals surface area contributed by atoms with Crippen LogP contribution in [0.4, 0.5) is 11.8 Å². The number of aryl methyl sites for hydroxylation is 1. The molecule has 0 amide bonds. The molecular formula is C15H16N6O. The number of rotatable bonds is 2. The number of nitrogens with two attached hydrogens (primary N) is 1. The minimum Gasteiger partial charge on any atom is -0.491 e. The number of hydrogen-bond donors (Lipinski definition) is 2. The first kappa shape index (κ1) is 12.9. The summed E-state index contributed by atoms with van der Waals surface area (Å²) >= 11 is 0. The molecule has 4 rings (SSSR count). The van der Waals surface area contributed by atoms with Crippen LogP contribution < -0.4 is 15.8 Å². The Balaban J connectivity index is 1.61. The molecule has 0 saturated heterocycles. The number of para-hydroxylation sites is 1. The number of benzene rings is 1. The predicted octanol–water partition coefficient (Wildman–Crippen LogP) is 1.36. The average Bonchev–Trinajstić information content (AvgIpc) is 2.89. The van der Waals surface area contributed by atoms with Gasteiger partial charge in [0.1, 0.15) is 18.2 Å². The Kier molecular flexibility index (Phi) is 2.85. The summed E-state index contributed by atoms with van der Waals surface area (Å²) in [6.07, 6.45) is 2.54. The lowest BCUT2D eigenvalue weighted by Gasteiger charge is -2.26. The maximum absolute atomic E-state index is 5.98. The van der Waals surface area contributed by atoms with Crippen LogP contribution in [0.5, 0.6) is 5.75 Å². The lowest BCUT2D eigenvalue weighted by Crippen LogP contribution is -2.33. The van der Waals surface area contributed by atoms with Crippen LogP contribution >= 0.6 is 0 Å². The third kappa shape index (κ3) is 2.11. The van der Waals surface area contributed by atoms with Gasteiger partial charge in [-0.3, -0.25) is 4.68 Å². The van der Waals surface area contributed by atoms with E-state index in [1.807, 2.05) is 25.2 Å². The third-order valence-corrected chi connectivity index (χ3v) is 3.83. The van der Waals surface area contributed by atoms with E-state index in [2.05, 4.69) is 26.4 Å². The molecule has 3 N–H and O–H groups in total. The van der Waals surface area contributed by atoms with Crippen molar-refractivity contribution in [2.75, 3.05) is 17.7 Å². The summed E-state index contributed by atoms with van der Waals surface area (Å²) in [5, 5.41) is 8.22. The maximum atomic E-state index is 5.98. The number of nitrogen functional groups attached to an aromatic ring is 1. The summed E-state index contributed by atoms with van der Waals surface area (Å²) in [6, 6.07) is 8.16. The Hall–Kier alpha value is -2.83. The molecule has 0 saturated carbocycles. The highest BCUT2D eigenvalue weighted by Gasteiger charge is 2.20. The van der Waals surface area contributed by atoms with Gasteiger partial charge in [-0.25, -0.2) is 0 Å². The predicted molar refractivity (Wildman–Crippen MR) is 83.8 cm³/mol. The second-order valence-corrected chi connectivity index (χ2v) is 5.40. The molecular weight excluding hydrogens is 280 g/mol. The number of fused-ring (bicyclic) bond motifs is 2. The van der Waals surface area contributed by atoms with E-state index in [1.165, 1.54) is 5.56 Å². The van der Waals surface area contributed by atoms with Gasteiger partial charge in [0.05, 0.1) is 17.6 Å². The molecule has 1 atom stereocenters. The van der Waals surface area contributed by atoms with Gasteiger partial charge in [-0.15, -0.1) is 0 Å². The number of hydrogen-bond acceptors (Lipinski definition) is 6. The molecule has 0 radical (unpaired) electrons. The average molecular weight is 296 g/mol. The lowest BCUT2D eigenvalue weighted by atomic mass is 10.0. The topological polar surface area (TPSA) is 90.9 Å². The Morgan fingerprint density at radius 1 is 1.32 bits per heavy atom. The summed E-state index contributed by atoms with van der Waals surface area (Å²) < 4.78 is 7.45. The molecule has 0 spiro atoms. The van der Waals surface area contributed by atoms with Crippen LogP contribution in [0.3, 0.4) is 0 Å². The van der Waals surface area contributed by atoms with Gasteiger partial charge in [0.15, 0.2) is 5.65 Å². The third-order valence-electron chi connectivity index (χ3n) is 3.83. The summed E-state index contributed by atoms with van der Waals surface area (Å²) in [5.74, 6) is 1.88. The smallest absolute Gasteiger partial charge is 0.227 e. The molecule has 22 heavy (non-hydrogen) atoms. The second kappa shape index (κ2) is 4.87. The first-order chi connectivity index (χ1) is 10.7. The van der Waals surface area contributed by atoms with Gasteiger partial charge in [0, 0.05) is 7.05 Å². The fourth-order valence-corrected chi connectivity index (χ4v) is 2.71. The van der Waals surface area contributed by atoms with Crippen molar-refractivity contribution >= 4 is 22.8 Å². The van der Waals surface area contributed by atoms with Crippen molar-refractivity contribution in [3.63, 3.8) is 0 Å². The van der Waals surface area contributed by atoms with Gasteiger partial charge >= 0.3 is 0 Å². The largest absolute Gasteiger partial charge is 0.491 e. The monoisotopic (exact) mass is 296 g/mol. The normalized spacial score (nSPS) is 17.0. The molecule has 0 bridgehead atoms. The van der Waals surface area contributed by atoms with Gasteiger partial charge in [0.25, 0.3) is 0 Å². The molecule has 1 unspecified atom stereocenters. The van der Waals surface area contributed by atoms with E-state index < -0.39 is 0 Å². The van der Waals surface area contributed by atoms with E-state index in [4.69, 9.17) is 10.5 Å². The van der Waals surface area contributed by atoms with Crippen molar-refractivity contribution in [2.45, 2.75) is 12.5 Å². The molecule has 7 nitrogen and oxygen atoms in total. The SMILES string of the molecule is Cn1ncc2c(N)nc(NC3COc4ccccc4C3)nc21. The molecule has 0 fully saturated rings. The molecule has 1 aliphatic heterocycles. The zero-order chi connectivity index (χ0) is 15.1. The van der Waals surface area contributed by atoms with E-state index >= 15 is 0 Å². The highest BCUT2D eigenvalue weighted by Crippen LogP contribution is 2.25. The van der Waals surface area contributed by atoms with Crippen LogP contribution in [-0.2, 0) is 13.5 Å². The van der Waals surface area contributed by atoms with Crippen LogP contribution in [0.25, 0.3) is 11.0 Å². The zero-order valence-electron chi connectivity index (χ0n) is 12.2. The summed E-state index contributed by atoms with van der Waals surface area (Å²) in [7, 11) is 1.83. The van der Waals surface area contributed by atoms with Crippen LogP contribution in [-0.4, -0.2) is 32.4 Å². The van der Waals surface area contributed by atoms with E-state index in [0.29, 0.717) is 24.0 Å². The van der Waals surface area contributed by atoms with Crippen molar-refractivity contribution < 1.29 is 4.74 Å². The highest BCUT2D eigenvalue weighted by molar-refractivity contribution is 5.86. The van der Waals surface area contributed by atoms with Crippen molar-refractivity contribution in [1.29, 1.82) is 0 Å². The molecule has 3 heterocycles. The first-order valence-electron chi connectivity index (χ1n) is 7.13. The first-order valence-corrected chi connectivity index (χ1v) is 7.13. The highest BCUT2D eigenvalue weighted by atomic mass is 16.5. The van der Waals surface area contributed by atoms with Gasteiger partial charge in [-0.2, -0.15) is 15.1 Å². The minimum atomic E-state index is 0.111. The Morgan fingerprint density at radius 2 is 2.18 bits per heavy atom. The van der Waals surface area contributed by atoms with E-state index in [-0.39, 0.29) is 6.04 Å². The Bertz CT molecular complexity index is 843. The van der Waals surface area contributed by atoms with Gasteiger partial charge in [-0.1, -0.05) is 18.2 Å². The molecule has 0 aliphatic carbocycles. The quantitative estimate of drug-likeness (QED) is 0.742. The van der Waals surface area contributed by atoms with E-state index in [1.54, 1.807) is 10.9 Å². The van der Waals surface area contributed by atoms with E-state index in [9.17, 15) is 0 Å². The standard InChI is InChI=1S/C15H16N6O/c1-21-14-11(7-17-21)13(16)19-15(20-14)18-10-6-9-4-2-3-5-12(9)22-8-10/h2-5,7,10H,6,8H2,1H3,(H3,16,18,19,20). The van der Waals surface area contributed by atoms with Crippen molar-refractivity contribution in [1.82, 2.24) is 19.7 Å². The number of aromatic nitrogens is 4. The molecule has 3 aromatic rings. The van der Waals surface area contributed by atoms with Crippen molar-refractivity contribution in [2.24, 2.45) is 7.05 Å². The Labute approximate surface area is 127 Å². The van der Waals surface area contributed by atoms with Crippen LogP contribution in [0, 0.1) is 0 Å². The molecule has 112 valence electrons. The number of nitrogens with zero attached hydrogens (tertiary/aromatic N) is 4.